The van der Waals surface area contributed by atoms with Crippen LogP contribution in [0.3, 0.4) is 0 Å². The Morgan fingerprint density at radius 1 is 1.21 bits per heavy atom. The summed E-state index contributed by atoms with van der Waals surface area (Å²) in [5.74, 6) is -0.403. The first kappa shape index (κ1) is 24.0. The number of urea groups is 1. The van der Waals surface area contributed by atoms with Gasteiger partial charge in [0.1, 0.15) is 10.7 Å². The maximum Gasteiger partial charge on any atom is 0.325 e. The molecule has 2 N–H and O–H groups in total. The molecule has 1 saturated heterocycles. The van der Waals surface area contributed by atoms with Crippen molar-refractivity contribution in [3.63, 3.8) is 0 Å². The van der Waals surface area contributed by atoms with E-state index in [1.54, 1.807) is 10.8 Å². The molecular formula is C25H30ClN5O3. The van der Waals surface area contributed by atoms with E-state index in [1.165, 1.54) is 16.5 Å². The molecule has 0 bridgehead atoms. The number of carbonyl (C=O) groups excluding carboxylic acids is 3. The van der Waals surface area contributed by atoms with Crippen molar-refractivity contribution in [2.75, 3.05) is 13.1 Å². The van der Waals surface area contributed by atoms with Gasteiger partial charge < -0.3 is 10.6 Å². The third kappa shape index (κ3) is 5.01. The summed E-state index contributed by atoms with van der Waals surface area (Å²) in [6, 6.07) is 7.84. The van der Waals surface area contributed by atoms with Gasteiger partial charge in [0.2, 0.25) is 5.91 Å². The Hall–Kier alpha value is -3.13. The van der Waals surface area contributed by atoms with E-state index < -0.39 is 5.54 Å². The summed E-state index contributed by atoms with van der Waals surface area (Å²) in [7, 11) is 0. The van der Waals surface area contributed by atoms with Gasteiger partial charge in [0.15, 0.2) is 0 Å². The van der Waals surface area contributed by atoms with Crippen LogP contribution in [-0.2, 0) is 16.1 Å². The van der Waals surface area contributed by atoms with Crippen molar-refractivity contribution in [1.82, 2.24) is 25.3 Å². The number of hydrogen-bond donors (Lipinski definition) is 2. The van der Waals surface area contributed by atoms with Crippen molar-refractivity contribution in [1.29, 1.82) is 0 Å². The van der Waals surface area contributed by atoms with Crippen LogP contribution < -0.4 is 10.6 Å². The molecule has 2 heterocycles. The molecule has 2 aromatic rings. The zero-order valence-electron chi connectivity index (χ0n) is 19.6. The number of aryl methyl sites for hydroxylation is 2. The Morgan fingerprint density at radius 3 is 2.62 bits per heavy atom. The van der Waals surface area contributed by atoms with E-state index in [4.69, 9.17) is 11.6 Å². The molecular weight excluding hydrogens is 454 g/mol. The SMILES string of the molecule is Cc1ccc(Cn2nc(C)c(/C=C/C(=O)NCCCN3C(=O)NC4(CCCC4)C3=O)c2Cl)cc1. The van der Waals surface area contributed by atoms with Crippen molar-refractivity contribution in [2.45, 2.75) is 58.0 Å². The second-order valence-corrected chi connectivity index (χ2v) is 9.45. The molecule has 180 valence electrons. The van der Waals surface area contributed by atoms with Crippen molar-refractivity contribution < 1.29 is 14.4 Å². The fourth-order valence-corrected chi connectivity index (χ4v) is 4.89. The van der Waals surface area contributed by atoms with Gasteiger partial charge in [-0.05, 0) is 44.7 Å². The lowest BCUT2D eigenvalue weighted by atomic mass is 9.98. The molecule has 0 atom stereocenters. The lowest BCUT2D eigenvalue weighted by molar-refractivity contribution is -0.131. The predicted molar refractivity (Wildman–Crippen MR) is 130 cm³/mol. The van der Waals surface area contributed by atoms with Crippen molar-refractivity contribution >= 4 is 35.5 Å². The van der Waals surface area contributed by atoms with Gasteiger partial charge >= 0.3 is 6.03 Å². The second-order valence-electron chi connectivity index (χ2n) is 9.09. The van der Waals surface area contributed by atoms with E-state index in [9.17, 15) is 14.4 Å². The van der Waals surface area contributed by atoms with Gasteiger partial charge in [-0.15, -0.1) is 0 Å². The Labute approximate surface area is 204 Å². The summed E-state index contributed by atoms with van der Waals surface area (Å²) in [4.78, 5) is 38.4. The van der Waals surface area contributed by atoms with Crippen molar-refractivity contribution in [3.05, 3.63) is 57.9 Å². The number of imide groups is 1. The first-order chi connectivity index (χ1) is 16.3. The van der Waals surface area contributed by atoms with Crippen LogP contribution >= 0.6 is 11.6 Å². The quantitative estimate of drug-likeness (QED) is 0.340. The molecule has 4 amide bonds. The number of amides is 4. The van der Waals surface area contributed by atoms with Crippen molar-refractivity contribution in [3.8, 4) is 0 Å². The molecule has 1 spiro atoms. The van der Waals surface area contributed by atoms with Crippen LogP contribution in [0.15, 0.2) is 30.3 Å². The van der Waals surface area contributed by atoms with E-state index >= 15 is 0 Å². The molecule has 2 fully saturated rings. The third-order valence-electron chi connectivity index (χ3n) is 6.52. The van der Waals surface area contributed by atoms with E-state index in [2.05, 4.69) is 15.7 Å². The number of hydrogen-bond acceptors (Lipinski definition) is 4. The van der Waals surface area contributed by atoms with E-state index in [0.29, 0.717) is 43.1 Å². The summed E-state index contributed by atoms with van der Waals surface area (Å²) >= 11 is 6.51. The van der Waals surface area contributed by atoms with Gasteiger partial charge in [-0.3, -0.25) is 14.5 Å². The highest BCUT2D eigenvalue weighted by Gasteiger charge is 2.51. The number of nitrogens with zero attached hydrogens (tertiary/aromatic N) is 3. The van der Waals surface area contributed by atoms with Crippen LogP contribution in [0.2, 0.25) is 5.15 Å². The smallest absolute Gasteiger partial charge is 0.325 e. The van der Waals surface area contributed by atoms with Gasteiger partial charge in [-0.25, -0.2) is 9.48 Å². The monoisotopic (exact) mass is 483 g/mol. The molecule has 8 nitrogen and oxygen atoms in total. The van der Waals surface area contributed by atoms with Gasteiger partial charge in [0.05, 0.1) is 12.2 Å². The standard InChI is InChI=1S/C25H30ClN5O3/c1-17-6-8-19(9-7-17)16-31-22(26)20(18(2)29-31)10-11-21(32)27-14-5-15-30-23(33)25(28-24(30)34)12-3-4-13-25/h6-11H,3-5,12-16H2,1-2H3,(H,27,32)(H,28,34)/b11-10+. The Balaban J connectivity index is 1.26. The molecule has 4 rings (SSSR count). The summed E-state index contributed by atoms with van der Waals surface area (Å²) in [6.45, 7) is 5.07. The highest BCUT2D eigenvalue weighted by molar-refractivity contribution is 6.31. The minimum Gasteiger partial charge on any atom is -0.352 e. The summed E-state index contributed by atoms with van der Waals surface area (Å²) < 4.78 is 1.72. The normalized spacial score (nSPS) is 17.2. The Kier molecular flexibility index (Phi) is 7.07. The average Bonchev–Trinajstić information content (AvgIpc) is 3.45. The van der Waals surface area contributed by atoms with E-state index in [1.807, 2.05) is 38.1 Å². The van der Waals surface area contributed by atoms with Gasteiger partial charge in [0, 0.05) is 24.7 Å². The van der Waals surface area contributed by atoms with E-state index in [-0.39, 0.29) is 24.4 Å². The predicted octanol–water partition coefficient (Wildman–Crippen LogP) is 3.59. The van der Waals surface area contributed by atoms with Crippen LogP contribution in [-0.4, -0.2) is 51.2 Å². The second kappa shape index (κ2) is 10.0. The van der Waals surface area contributed by atoms with Gasteiger partial charge in [0.25, 0.3) is 5.91 Å². The molecule has 2 aliphatic rings. The lowest BCUT2D eigenvalue weighted by Gasteiger charge is -2.19. The van der Waals surface area contributed by atoms with Crippen LogP contribution in [0.5, 0.6) is 0 Å². The fourth-order valence-electron chi connectivity index (χ4n) is 4.59. The Bertz CT molecular complexity index is 1120. The summed E-state index contributed by atoms with van der Waals surface area (Å²) in [5, 5.41) is 10.6. The fraction of sp³-hybridized carbons (Fsp3) is 0.440. The number of rotatable bonds is 8. The largest absolute Gasteiger partial charge is 0.352 e. The van der Waals surface area contributed by atoms with Crippen molar-refractivity contribution in [2.24, 2.45) is 0 Å². The number of carbonyl (C=O) groups is 3. The molecule has 1 aromatic heterocycles. The highest BCUT2D eigenvalue weighted by atomic mass is 35.5. The Morgan fingerprint density at radius 2 is 1.91 bits per heavy atom. The van der Waals surface area contributed by atoms with Gasteiger partial charge in [-0.1, -0.05) is 54.3 Å². The topological polar surface area (TPSA) is 96.3 Å². The summed E-state index contributed by atoms with van der Waals surface area (Å²) in [5.41, 5.74) is 3.02. The number of halogens is 1. The zero-order chi connectivity index (χ0) is 24.3. The molecule has 1 aromatic carbocycles. The number of nitrogens with one attached hydrogen (secondary N) is 2. The average molecular weight is 484 g/mol. The van der Waals surface area contributed by atoms with Gasteiger partial charge in [-0.2, -0.15) is 5.10 Å². The molecule has 34 heavy (non-hydrogen) atoms. The molecule has 0 radical (unpaired) electrons. The first-order valence-electron chi connectivity index (χ1n) is 11.7. The van der Waals surface area contributed by atoms with Crippen LogP contribution in [0.4, 0.5) is 4.79 Å². The maximum atomic E-state index is 12.6. The highest BCUT2D eigenvalue weighted by Crippen LogP contribution is 2.35. The van der Waals surface area contributed by atoms with Crippen LogP contribution in [0.1, 0.15) is 54.5 Å². The minimum atomic E-state index is -0.690. The first-order valence-corrected chi connectivity index (χ1v) is 12.1. The molecule has 1 aliphatic heterocycles. The van der Waals surface area contributed by atoms with Crippen LogP contribution in [0.25, 0.3) is 6.08 Å². The lowest BCUT2D eigenvalue weighted by Crippen LogP contribution is -2.44. The molecule has 1 saturated carbocycles. The zero-order valence-corrected chi connectivity index (χ0v) is 20.3. The maximum absolute atomic E-state index is 12.6. The minimum absolute atomic E-state index is 0.131. The van der Waals surface area contributed by atoms with E-state index in [0.717, 1.165) is 24.1 Å². The summed E-state index contributed by atoms with van der Waals surface area (Å²) in [6.07, 6.45) is 6.90. The molecule has 0 unspecified atom stereocenters. The number of benzene rings is 1. The molecule has 1 aliphatic carbocycles. The van der Waals surface area contributed by atoms with Crippen LogP contribution in [0, 0.1) is 13.8 Å². The third-order valence-corrected chi connectivity index (χ3v) is 6.92. The number of aromatic nitrogens is 2. The molecule has 9 heteroatoms.